The van der Waals surface area contributed by atoms with Gasteiger partial charge in [-0.25, -0.2) is 4.79 Å². The van der Waals surface area contributed by atoms with E-state index >= 15 is 0 Å². The standard InChI is InChI=1S/C22H34O8/c1-13-15-6-11-22(5,30-19(13)26)16(24)7-9-21(4,28)18(29-14(2)23)8-10-20(3,27)17(25)12-15/h15,17-18,25,27-28H,1,6-12H2,2-5H3/t15-,17+,18-,20-,21+,22-/m0/s1. The highest BCUT2D eigenvalue weighted by Crippen LogP contribution is 2.38. The van der Waals surface area contributed by atoms with E-state index in [1.165, 1.54) is 20.8 Å². The normalized spacial score (nSPS) is 41.6. The molecule has 2 fully saturated rings. The summed E-state index contributed by atoms with van der Waals surface area (Å²) in [6.07, 6.45) is -1.44. The molecule has 1 saturated heterocycles. The predicted octanol–water partition coefficient (Wildman–Crippen LogP) is 1.58. The number of aliphatic hydroxyl groups excluding tert-OH is 1. The lowest BCUT2D eigenvalue weighted by Crippen LogP contribution is -2.47. The second kappa shape index (κ2) is 8.77. The number of Topliss-reactive ketones (excluding diaryl/α,β-unsaturated/α-hetero) is 1. The summed E-state index contributed by atoms with van der Waals surface area (Å²) in [6, 6.07) is 0. The molecule has 1 saturated carbocycles. The largest absolute Gasteiger partial charge is 0.460 e. The Kier molecular flexibility index (Phi) is 7.16. The molecular weight excluding hydrogens is 392 g/mol. The highest BCUT2D eigenvalue weighted by atomic mass is 16.6. The van der Waals surface area contributed by atoms with Gasteiger partial charge in [-0.05, 0) is 65.2 Å². The van der Waals surface area contributed by atoms with Crippen molar-refractivity contribution in [1.29, 1.82) is 0 Å². The minimum absolute atomic E-state index is 0.0218. The van der Waals surface area contributed by atoms with Crippen LogP contribution in [0.5, 0.6) is 0 Å². The molecule has 1 heterocycles. The van der Waals surface area contributed by atoms with Crippen LogP contribution in [0, 0.1) is 5.92 Å². The minimum atomic E-state index is -1.55. The first-order valence-electron chi connectivity index (χ1n) is 10.4. The van der Waals surface area contributed by atoms with Gasteiger partial charge in [0.25, 0.3) is 0 Å². The number of carbonyl (C=O) groups is 3. The van der Waals surface area contributed by atoms with Crippen LogP contribution in [0.1, 0.15) is 72.6 Å². The maximum absolute atomic E-state index is 12.9. The van der Waals surface area contributed by atoms with Gasteiger partial charge in [0.1, 0.15) is 6.10 Å². The molecule has 0 aromatic heterocycles. The summed E-state index contributed by atoms with van der Waals surface area (Å²) in [5, 5.41) is 32.5. The molecule has 8 nitrogen and oxygen atoms in total. The molecule has 2 rings (SSSR count). The van der Waals surface area contributed by atoms with Gasteiger partial charge in [-0.3, -0.25) is 9.59 Å². The first-order valence-corrected chi connectivity index (χ1v) is 10.4. The number of fused-ring (bicyclic) bond motifs is 3. The lowest BCUT2D eigenvalue weighted by atomic mass is 9.78. The molecule has 1 aliphatic heterocycles. The summed E-state index contributed by atoms with van der Waals surface area (Å²) in [7, 11) is 0. The average Bonchev–Trinajstić information content (AvgIpc) is 2.74. The molecule has 0 unspecified atom stereocenters. The topological polar surface area (TPSA) is 130 Å². The van der Waals surface area contributed by atoms with Gasteiger partial charge in [0, 0.05) is 18.9 Å². The van der Waals surface area contributed by atoms with Gasteiger partial charge in [0.15, 0.2) is 11.4 Å². The van der Waals surface area contributed by atoms with Crippen LogP contribution in [-0.2, 0) is 23.9 Å². The second-order valence-corrected chi connectivity index (χ2v) is 9.41. The van der Waals surface area contributed by atoms with Crippen LogP contribution in [0.3, 0.4) is 0 Å². The zero-order chi connectivity index (χ0) is 22.9. The highest BCUT2D eigenvalue weighted by molar-refractivity contribution is 5.94. The summed E-state index contributed by atoms with van der Waals surface area (Å²) >= 11 is 0. The number of hydrogen-bond acceptors (Lipinski definition) is 8. The Morgan fingerprint density at radius 3 is 2.33 bits per heavy atom. The Balaban J connectivity index is 2.42. The number of ether oxygens (including phenoxy) is 2. The van der Waals surface area contributed by atoms with E-state index in [1.54, 1.807) is 6.92 Å². The fourth-order valence-corrected chi connectivity index (χ4v) is 4.17. The lowest BCUT2D eigenvalue weighted by molar-refractivity contribution is -0.168. The summed E-state index contributed by atoms with van der Waals surface area (Å²) in [4.78, 5) is 37.0. The summed E-state index contributed by atoms with van der Waals surface area (Å²) < 4.78 is 10.8. The summed E-state index contributed by atoms with van der Waals surface area (Å²) in [6.45, 7) is 9.48. The fourth-order valence-electron chi connectivity index (χ4n) is 4.17. The number of aliphatic hydroxyl groups is 3. The maximum Gasteiger partial charge on any atom is 0.334 e. The van der Waals surface area contributed by atoms with Crippen molar-refractivity contribution in [3.05, 3.63) is 12.2 Å². The van der Waals surface area contributed by atoms with E-state index in [9.17, 15) is 29.7 Å². The molecule has 0 radical (unpaired) electrons. The Bertz CT molecular complexity index is 710. The van der Waals surface area contributed by atoms with Crippen LogP contribution in [0.4, 0.5) is 0 Å². The summed E-state index contributed by atoms with van der Waals surface area (Å²) in [5.74, 6) is -2.07. The van der Waals surface area contributed by atoms with Gasteiger partial charge >= 0.3 is 11.9 Å². The molecule has 0 spiro atoms. The minimum Gasteiger partial charge on any atom is -0.460 e. The first-order chi connectivity index (χ1) is 13.7. The lowest BCUT2D eigenvalue weighted by Gasteiger charge is -2.37. The van der Waals surface area contributed by atoms with Crippen LogP contribution in [0.2, 0.25) is 0 Å². The smallest absolute Gasteiger partial charge is 0.334 e. The van der Waals surface area contributed by atoms with Gasteiger partial charge in [0.2, 0.25) is 0 Å². The summed E-state index contributed by atoms with van der Waals surface area (Å²) in [5.41, 5.74) is -4.31. The number of esters is 2. The van der Waals surface area contributed by atoms with Crippen molar-refractivity contribution in [3.8, 4) is 0 Å². The van der Waals surface area contributed by atoms with Gasteiger partial charge in [0.05, 0.1) is 17.3 Å². The van der Waals surface area contributed by atoms with E-state index in [0.29, 0.717) is 6.42 Å². The molecule has 2 bridgehead atoms. The van der Waals surface area contributed by atoms with Crippen LogP contribution in [0.25, 0.3) is 0 Å². The first kappa shape index (κ1) is 24.5. The number of hydrogen-bond donors (Lipinski definition) is 3. The Hall–Kier alpha value is -1.77. The van der Waals surface area contributed by atoms with E-state index in [1.807, 2.05) is 0 Å². The van der Waals surface area contributed by atoms with Crippen LogP contribution in [-0.4, -0.2) is 62.1 Å². The molecule has 0 amide bonds. The third kappa shape index (κ3) is 5.47. The van der Waals surface area contributed by atoms with E-state index in [4.69, 9.17) is 9.47 Å². The van der Waals surface area contributed by atoms with Crippen molar-refractivity contribution in [1.82, 2.24) is 0 Å². The van der Waals surface area contributed by atoms with Crippen LogP contribution in [0.15, 0.2) is 12.2 Å². The van der Waals surface area contributed by atoms with Crippen molar-refractivity contribution in [2.24, 2.45) is 5.92 Å². The fraction of sp³-hybridized carbons (Fsp3) is 0.773. The quantitative estimate of drug-likeness (QED) is 0.426. The van der Waals surface area contributed by atoms with Gasteiger partial charge in [-0.1, -0.05) is 6.58 Å². The van der Waals surface area contributed by atoms with Gasteiger partial charge in [-0.15, -0.1) is 0 Å². The number of carbonyl (C=O) groups excluding carboxylic acids is 3. The monoisotopic (exact) mass is 426 g/mol. The zero-order valence-corrected chi connectivity index (χ0v) is 18.3. The molecule has 6 atom stereocenters. The highest BCUT2D eigenvalue weighted by Gasteiger charge is 2.46. The molecule has 2 aliphatic rings. The van der Waals surface area contributed by atoms with E-state index < -0.39 is 46.9 Å². The zero-order valence-electron chi connectivity index (χ0n) is 18.3. The van der Waals surface area contributed by atoms with Crippen molar-refractivity contribution in [2.75, 3.05) is 0 Å². The number of ketones is 1. The maximum atomic E-state index is 12.9. The molecule has 30 heavy (non-hydrogen) atoms. The van der Waals surface area contributed by atoms with Crippen LogP contribution >= 0.6 is 0 Å². The molecule has 170 valence electrons. The molecule has 3 N–H and O–H groups in total. The van der Waals surface area contributed by atoms with Gasteiger partial charge < -0.3 is 24.8 Å². The van der Waals surface area contributed by atoms with Crippen LogP contribution < -0.4 is 0 Å². The molecular formula is C22H34O8. The average molecular weight is 427 g/mol. The van der Waals surface area contributed by atoms with Crippen molar-refractivity contribution in [2.45, 2.75) is 102 Å². The van der Waals surface area contributed by atoms with Crippen molar-refractivity contribution >= 4 is 17.7 Å². The van der Waals surface area contributed by atoms with E-state index in [-0.39, 0.29) is 49.9 Å². The molecule has 1 aliphatic carbocycles. The number of rotatable bonds is 1. The predicted molar refractivity (Wildman–Crippen MR) is 107 cm³/mol. The molecule has 0 aromatic carbocycles. The van der Waals surface area contributed by atoms with Gasteiger partial charge in [-0.2, -0.15) is 0 Å². The SMILES string of the molecule is C=C1C(=O)O[C@@]2(C)CC[C@H]1C[C@@H](O)[C@@](C)(O)CC[C@H](OC(C)=O)[C@](C)(O)CCC2=O. The van der Waals surface area contributed by atoms with Crippen molar-refractivity contribution < 1.29 is 39.2 Å². The Morgan fingerprint density at radius 2 is 1.73 bits per heavy atom. The third-order valence-corrected chi connectivity index (χ3v) is 6.63. The second-order valence-electron chi connectivity index (χ2n) is 9.41. The van der Waals surface area contributed by atoms with Crippen molar-refractivity contribution in [3.63, 3.8) is 0 Å². The Morgan fingerprint density at radius 1 is 1.10 bits per heavy atom. The molecule has 0 aromatic rings. The van der Waals surface area contributed by atoms with E-state index in [0.717, 1.165) is 0 Å². The van der Waals surface area contributed by atoms with E-state index in [2.05, 4.69) is 6.58 Å². The Labute approximate surface area is 177 Å². The third-order valence-electron chi connectivity index (χ3n) is 6.63. The molecule has 8 heteroatoms.